The van der Waals surface area contributed by atoms with Gasteiger partial charge in [0.25, 0.3) is 0 Å². The zero-order chi connectivity index (χ0) is 22.3. The van der Waals surface area contributed by atoms with Crippen LogP contribution < -0.4 is 14.8 Å². The first-order valence-corrected chi connectivity index (χ1v) is 10.5. The minimum atomic E-state index is -1.16. The Balaban J connectivity index is 1.65. The van der Waals surface area contributed by atoms with E-state index >= 15 is 0 Å². The zero-order valence-electron chi connectivity index (χ0n) is 18.0. The van der Waals surface area contributed by atoms with Crippen molar-refractivity contribution in [3.8, 4) is 11.5 Å². The molecule has 6 nitrogen and oxygen atoms in total. The van der Waals surface area contributed by atoms with Gasteiger partial charge in [0.1, 0.15) is 12.1 Å². The van der Waals surface area contributed by atoms with Gasteiger partial charge in [-0.05, 0) is 49.1 Å². The third-order valence-electron chi connectivity index (χ3n) is 5.57. The predicted octanol–water partition coefficient (Wildman–Crippen LogP) is 4.50. The van der Waals surface area contributed by atoms with Crippen molar-refractivity contribution in [3.63, 3.8) is 0 Å². The molecule has 2 N–H and O–H groups in total. The number of carboxylic acids is 1. The molecule has 0 radical (unpaired) electrons. The van der Waals surface area contributed by atoms with Crippen LogP contribution in [-0.2, 0) is 16.2 Å². The van der Waals surface area contributed by atoms with Crippen molar-refractivity contribution in [2.45, 2.75) is 51.2 Å². The van der Waals surface area contributed by atoms with Crippen molar-refractivity contribution in [2.24, 2.45) is 0 Å². The van der Waals surface area contributed by atoms with Gasteiger partial charge in [-0.25, -0.2) is 4.79 Å². The van der Waals surface area contributed by atoms with Crippen LogP contribution in [0.1, 0.15) is 48.8 Å². The molecule has 0 spiro atoms. The van der Waals surface area contributed by atoms with Crippen LogP contribution in [-0.4, -0.2) is 29.6 Å². The number of benzene rings is 2. The molecule has 0 aromatic heterocycles. The molecule has 1 fully saturated rings. The van der Waals surface area contributed by atoms with Gasteiger partial charge in [0.2, 0.25) is 5.91 Å². The molecule has 0 atom stereocenters. The fourth-order valence-corrected chi connectivity index (χ4v) is 3.87. The smallest absolute Gasteiger partial charge is 0.329 e. The van der Waals surface area contributed by atoms with Crippen LogP contribution in [0, 0.1) is 6.92 Å². The molecule has 0 aliphatic heterocycles. The van der Waals surface area contributed by atoms with E-state index in [1.165, 1.54) is 11.6 Å². The number of hydrogen-bond acceptors (Lipinski definition) is 4. The quantitative estimate of drug-likeness (QED) is 0.611. The van der Waals surface area contributed by atoms with Gasteiger partial charge in [0.15, 0.2) is 11.5 Å². The number of hydrogen-bond donors (Lipinski definition) is 2. The topological polar surface area (TPSA) is 84.9 Å². The first-order valence-electron chi connectivity index (χ1n) is 10.5. The lowest BCUT2D eigenvalue weighted by Crippen LogP contribution is -2.55. The summed E-state index contributed by atoms with van der Waals surface area (Å²) in [4.78, 5) is 24.1. The van der Waals surface area contributed by atoms with Crippen molar-refractivity contribution in [2.75, 3.05) is 7.11 Å². The van der Waals surface area contributed by atoms with E-state index < -0.39 is 17.4 Å². The standard InChI is InChI=1S/C25H29NO5/c1-18-7-6-8-20(15-18)17-31-21-11-9-19(16-22(21)30-2)10-12-23(27)26-25(24(28)29)13-4-3-5-14-25/h6-12,15-16H,3-5,13-14,17H2,1-2H3,(H,26,27)(H,28,29). The Bertz CT molecular complexity index is 960. The number of carbonyl (C=O) groups is 2. The molecule has 164 valence electrons. The Labute approximate surface area is 182 Å². The summed E-state index contributed by atoms with van der Waals surface area (Å²) < 4.78 is 11.3. The van der Waals surface area contributed by atoms with E-state index in [2.05, 4.69) is 11.4 Å². The Morgan fingerprint density at radius 3 is 2.55 bits per heavy atom. The Morgan fingerprint density at radius 2 is 1.87 bits per heavy atom. The molecule has 0 unspecified atom stereocenters. The maximum absolute atomic E-state index is 12.4. The number of aliphatic carboxylic acids is 1. The van der Waals surface area contributed by atoms with Gasteiger partial charge in [-0.15, -0.1) is 0 Å². The summed E-state index contributed by atoms with van der Waals surface area (Å²) in [5.74, 6) is -0.212. The lowest BCUT2D eigenvalue weighted by atomic mass is 9.81. The molecule has 1 saturated carbocycles. The third kappa shape index (κ3) is 5.87. The molecular weight excluding hydrogens is 394 g/mol. The normalized spacial score (nSPS) is 15.4. The highest BCUT2D eigenvalue weighted by atomic mass is 16.5. The second-order valence-corrected chi connectivity index (χ2v) is 7.96. The molecule has 0 saturated heterocycles. The number of carboxylic acid groups (broad SMARTS) is 1. The van der Waals surface area contributed by atoms with E-state index in [0.29, 0.717) is 30.9 Å². The van der Waals surface area contributed by atoms with Crippen molar-refractivity contribution < 1.29 is 24.2 Å². The van der Waals surface area contributed by atoms with Gasteiger partial charge < -0.3 is 19.9 Å². The number of methoxy groups -OCH3 is 1. The summed E-state index contributed by atoms with van der Waals surface area (Å²) in [6.07, 6.45) is 6.53. The molecule has 2 aromatic carbocycles. The lowest BCUT2D eigenvalue weighted by molar-refractivity contribution is -0.148. The largest absolute Gasteiger partial charge is 0.493 e. The molecule has 31 heavy (non-hydrogen) atoms. The van der Waals surface area contributed by atoms with Crippen LogP contribution in [0.4, 0.5) is 0 Å². The minimum absolute atomic E-state index is 0.414. The summed E-state index contributed by atoms with van der Waals surface area (Å²) in [6.45, 7) is 2.46. The van der Waals surface area contributed by atoms with Gasteiger partial charge in [-0.2, -0.15) is 0 Å². The fourth-order valence-electron chi connectivity index (χ4n) is 3.87. The van der Waals surface area contributed by atoms with Gasteiger partial charge in [0, 0.05) is 6.08 Å². The van der Waals surface area contributed by atoms with E-state index in [1.54, 1.807) is 25.3 Å². The number of carbonyl (C=O) groups excluding carboxylic acids is 1. The van der Waals surface area contributed by atoms with Gasteiger partial charge in [-0.1, -0.05) is 55.2 Å². The summed E-state index contributed by atoms with van der Waals surface area (Å²) in [6, 6.07) is 13.5. The number of amides is 1. The third-order valence-corrected chi connectivity index (χ3v) is 5.57. The second kappa shape index (κ2) is 10.2. The van der Waals surface area contributed by atoms with Crippen molar-refractivity contribution in [1.82, 2.24) is 5.32 Å². The van der Waals surface area contributed by atoms with Crippen molar-refractivity contribution in [3.05, 3.63) is 65.2 Å². The van der Waals surface area contributed by atoms with E-state index in [1.807, 2.05) is 31.2 Å². The first-order chi connectivity index (χ1) is 14.9. The summed E-state index contributed by atoms with van der Waals surface area (Å²) in [5.41, 5.74) is 1.83. The molecule has 3 rings (SSSR count). The molecule has 0 heterocycles. The van der Waals surface area contributed by atoms with Gasteiger partial charge >= 0.3 is 5.97 Å². The molecule has 1 aliphatic carbocycles. The van der Waals surface area contributed by atoms with Crippen LogP contribution in [0.3, 0.4) is 0 Å². The number of rotatable bonds is 8. The molecule has 1 aliphatic rings. The predicted molar refractivity (Wildman–Crippen MR) is 119 cm³/mol. The summed E-state index contributed by atoms with van der Waals surface area (Å²) in [7, 11) is 1.56. The lowest BCUT2D eigenvalue weighted by Gasteiger charge is -2.33. The average molecular weight is 424 g/mol. The first kappa shape index (κ1) is 22.4. The molecule has 6 heteroatoms. The van der Waals surface area contributed by atoms with Gasteiger partial charge in [-0.3, -0.25) is 4.79 Å². The SMILES string of the molecule is COc1cc(C=CC(=O)NC2(C(=O)O)CCCCC2)ccc1OCc1cccc(C)c1. The fraction of sp³-hybridized carbons (Fsp3) is 0.360. The Hall–Kier alpha value is -3.28. The second-order valence-electron chi connectivity index (χ2n) is 7.96. The summed E-state index contributed by atoms with van der Waals surface area (Å²) in [5, 5.41) is 12.3. The highest BCUT2D eigenvalue weighted by molar-refractivity contribution is 5.95. The highest BCUT2D eigenvalue weighted by Gasteiger charge is 2.40. The number of nitrogens with one attached hydrogen (secondary N) is 1. The Morgan fingerprint density at radius 1 is 1.10 bits per heavy atom. The average Bonchev–Trinajstić information content (AvgIpc) is 2.77. The van der Waals surface area contributed by atoms with Crippen LogP contribution in [0.5, 0.6) is 11.5 Å². The van der Waals surface area contributed by atoms with Crippen molar-refractivity contribution in [1.29, 1.82) is 0 Å². The van der Waals surface area contributed by atoms with Crippen LogP contribution in [0.25, 0.3) is 6.08 Å². The maximum atomic E-state index is 12.4. The number of ether oxygens (including phenoxy) is 2. The van der Waals surface area contributed by atoms with Crippen LogP contribution in [0.2, 0.25) is 0 Å². The van der Waals surface area contributed by atoms with E-state index in [9.17, 15) is 14.7 Å². The van der Waals surface area contributed by atoms with Crippen LogP contribution in [0.15, 0.2) is 48.5 Å². The van der Waals surface area contributed by atoms with Gasteiger partial charge in [0.05, 0.1) is 7.11 Å². The summed E-state index contributed by atoms with van der Waals surface area (Å²) >= 11 is 0. The van der Waals surface area contributed by atoms with E-state index in [0.717, 1.165) is 30.4 Å². The zero-order valence-corrected chi connectivity index (χ0v) is 18.0. The monoisotopic (exact) mass is 423 g/mol. The molecule has 0 bridgehead atoms. The molecule has 1 amide bonds. The maximum Gasteiger partial charge on any atom is 0.329 e. The minimum Gasteiger partial charge on any atom is -0.493 e. The van der Waals surface area contributed by atoms with E-state index in [-0.39, 0.29) is 0 Å². The van der Waals surface area contributed by atoms with E-state index in [4.69, 9.17) is 9.47 Å². The number of aryl methyl sites for hydroxylation is 1. The Kier molecular flexibility index (Phi) is 7.34. The molecular formula is C25H29NO5. The highest BCUT2D eigenvalue weighted by Crippen LogP contribution is 2.30. The molecule has 2 aromatic rings. The van der Waals surface area contributed by atoms with Crippen LogP contribution >= 0.6 is 0 Å². The van der Waals surface area contributed by atoms with Crippen molar-refractivity contribution >= 4 is 18.0 Å².